The minimum Gasteiger partial charge on any atom is -0.339 e. The van der Waals surface area contributed by atoms with E-state index in [2.05, 4.69) is 67.7 Å². The monoisotopic (exact) mass is 452 g/mol. The highest BCUT2D eigenvalue weighted by Crippen LogP contribution is 2.36. The Morgan fingerprint density at radius 2 is 1.68 bits per heavy atom. The number of carbonyl (C=O) groups excluding carboxylic acids is 1. The van der Waals surface area contributed by atoms with Crippen LogP contribution in [-0.2, 0) is 0 Å². The Hall–Kier alpha value is -2.94. The highest BCUT2D eigenvalue weighted by Gasteiger charge is 2.23. The summed E-state index contributed by atoms with van der Waals surface area (Å²) in [4.78, 5) is 19.8. The van der Waals surface area contributed by atoms with Crippen molar-refractivity contribution in [3.8, 4) is 0 Å². The Bertz CT molecular complexity index is 1140. The first kappa shape index (κ1) is 22.8. The van der Waals surface area contributed by atoms with E-state index in [0.717, 1.165) is 37.9 Å². The summed E-state index contributed by atoms with van der Waals surface area (Å²) in [6.45, 7) is 4.01. The molecule has 0 aromatic heterocycles. The smallest absolute Gasteiger partial charge is 0.253 e. The molecule has 3 aromatic rings. The number of hydrogen-bond donors (Lipinski definition) is 0. The molecule has 3 heteroatoms. The maximum Gasteiger partial charge on any atom is 0.253 e. The third-order valence-corrected chi connectivity index (χ3v) is 7.78. The average molecular weight is 453 g/mol. The quantitative estimate of drug-likeness (QED) is 0.367. The number of piperidine rings is 1. The van der Waals surface area contributed by atoms with Gasteiger partial charge in [-0.3, -0.25) is 9.79 Å². The van der Waals surface area contributed by atoms with Crippen LogP contribution in [0.25, 0.3) is 10.8 Å². The molecule has 0 bridgehead atoms. The highest BCUT2D eigenvalue weighted by atomic mass is 16.2. The van der Waals surface area contributed by atoms with Crippen LogP contribution < -0.4 is 0 Å². The Morgan fingerprint density at radius 1 is 0.912 bits per heavy atom. The van der Waals surface area contributed by atoms with Gasteiger partial charge in [-0.25, -0.2) is 0 Å². The summed E-state index contributed by atoms with van der Waals surface area (Å²) in [6, 6.07) is 23.7. The molecule has 176 valence electrons. The van der Waals surface area contributed by atoms with Gasteiger partial charge in [0.15, 0.2) is 0 Å². The molecule has 0 spiro atoms. The molecule has 1 heterocycles. The molecule has 3 aromatic carbocycles. The van der Waals surface area contributed by atoms with Gasteiger partial charge in [-0.15, -0.1) is 0 Å². The van der Waals surface area contributed by atoms with Gasteiger partial charge in [0.25, 0.3) is 5.91 Å². The Morgan fingerprint density at radius 3 is 2.50 bits per heavy atom. The number of benzene rings is 3. The predicted molar refractivity (Wildman–Crippen MR) is 142 cm³/mol. The molecule has 1 saturated carbocycles. The van der Waals surface area contributed by atoms with E-state index in [1.807, 2.05) is 17.0 Å². The standard InChI is InChI=1S/C31H36N2O/c1-23(29-14-8-11-26-10-3-4-13-30(26)29)32-22-24-9-7-12-28(21-24)25-15-17-27(18-16-25)31(34)33-19-5-2-6-20-33/h3-4,8,10-11,13-18,22-24,28H,2,5-7,9,12,19-21H2,1H3/t23-,24+,28?/m1/s1. The summed E-state index contributed by atoms with van der Waals surface area (Å²) in [6.07, 6.45) is 10.6. The third kappa shape index (κ3) is 5.09. The zero-order valence-electron chi connectivity index (χ0n) is 20.3. The number of fused-ring (bicyclic) bond motifs is 1. The number of carbonyl (C=O) groups is 1. The van der Waals surface area contributed by atoms with Crippen molar-refractivity contribution in [1.29, 1.82) is 0 Å². The fraction of sp³-hybridized carbons (Fsp3) is 0.419. The number of amides is 1. The van der Waals surface area contributed by atoms with Crippen LogP contribution in [0, 0.1) is 5.92 Å². The van der Waals surface area contributed by atoms with E-state index in [0.29, 0.717) is 11.8 Å². The van der Waals surface area contributed by atoms with E-state index in [4.69, 9.17) is 4.99 Å². The van der Waals surface area contributed by atoms with Gasteiger partial charge in [0.2, 0.25) is 0 Å². The van der Waals surface area contributed by atoms with Crippen LogP contribution in [-0.4, -0.2) is 30.1 Å². The highest BCUT2D eigenvalue weighted by molar-refractivity contribution is 5.94. The summed E-state index contributed by atoms with van der Waals surface area (Å²) in [5.74, 6) is 1.27. The van der Waals surface area contributed by atoms with E-state index < -0.39 is 0 Å². The molecule has 1 amide bonds. The summed E-state index contributed by atoms with van der Waals surface area (Å²) in [5.41, 5.74) is 3.51. The van der Waals surface area contributed by atoms with Crippen LogP contribution in [0.1, 0.15) is 85.3 Å². The molecule has 1 unspecified atom stereocenters. The minimum absolute atomic E-state index is 0.159. The maximum atomic E-state index is 12.8. The van der Waals surface area contributed by atoms with E-state index in [1.54, 1.807) is 0 Å². The molecule has 2 aliphatic rings. The van der Waals surface area contributed by atoms with Crippen LogP contribution in [0.2, 0.25) is 0 Å². The van der Waals surface area contributed by atoms with E-state index >= 15 is 0 Å². The van der Waals surface area contributed by atoms with Crippen molar-refractivity contribution < 1.29 is 4.79 Å². The summed E-state index contributed by atoms with van der Waals surface area (Å²) >= 11 is 0. The summed E-state index contributed by atoms with van der Waals surface area (Å²) < 4.78 is 0. The predicted octanol–water partition coefficient (Wildman–Crippen LogP) is 7.57. The SMILES string of the molecule is C[C@@H](N=C[C@H]1CCCC(c2ccc(C(=O)N3CCCCC3)cc2)C1)c1cccc2ccccc12. The first-order valence-corrected chi connectivity index (χ1v) is 13.1. The topological polar surface area (TPSA) is 32.7 Å². The maximum absolute atomic E-state index is 12.8. The van der Waals surface area contributed by atoms with Gasteiger partial charge < -0.3 is 4.90 Å². The van der Waals surface area contributed by atoms with E-state index in [9.17, 15) is 4.79 Å². The second kappa shape index (κ2) is 10.5. The number of aliphatic imine (C=N–C) groups is 1. The molecule has 3 atom stereocenters. The van der Waals surface area contributed by atoms with Gasteiger partial charge in [0, 0.05) is 24.9 Å². The number of rotatable bonds is 5. The van der Waals surface area contributed by atoms with Gasteiger partial charge in [0.05, 0.1) is 6.04 Å². The molecule has 5 rings (SSSR count). The van der Waals surface area contributed by atoms with Crippen LogP contribution in [0.5, 0.6) is 0 Å². The van der Waals surface area contributed by atoms with Crippen molar-refractivity contribution >= 4 is 22.9 Å². The lowest BCUT2D eigenvalue weighted by molar-refractivity contribution is 0.0724. The van der Waals surface area contributed by atoms with E-state index in [-0.39, 0.29) is 11.9 Å². The van der Waals surface area contributed by atoms with Gasteiger partial charge in [-0.2, -0.15) is 0 Å². The molecule has 34 heavy (non-hydrogen) atoms. The van der Waals surface area contributed by atoms with Gasteiger partial charge in [0.1, 0.15) is 0 Å². The van der Waals surface area contributed by atoms with Crippen molar-refractivity contribution in [1.82, 2.24) is 4.90 Å². The second-order valence-corrected chi connectivity index (χ2v) is 10.1. The summed E-state index contributed by atoms with van der Waals surface area (Å²) in [7, 11) is 0. The first-order chi connectivity index (χ1) is 16.7. The number of hydrogen-bond acceptors (Lipinski definition) is 2. The summed E-state index contributed by atoms with van der Waals surface area (Å²) in [5, 5.41) is 2.58. The first-order valence-electron chi connectivity index (χ1n) is 13.1. The molecule has 1 aliphatic heterocycles. The largest absolute Gasteiger partial charge is 0.339 e. The molecule has 0 N–H and O–H groups in total. The van der Waals surface area contributed by atoms with Crippen LogP contribution in [0.3, 0.4) is 0 Å². The number of nitrogens with zero attached hydrogens (tertiary/aromatic N) is 2. The lowest BCUT2D eigenvalue weighted by Crippen LogP contribution is -2.35. The lowest BCUT2D eigenvalue weighted by Gasteiger charge is -2.28. The molecule has 1 saturated heterocycles. The molecular formula is C31H36N2O. The molecule has 0 radical (unpaired) electrons. The third-order valence-electron chi connectivity index (χ3n) is 7.78. The molecular weight excluding hydrogens is 416 g/mol. The molecule has 2 fully saturated rings. The van der Waals surface area contributed by atoms with Crippen molar-refractivity contribution in [3.05, 3.63) is 83.4 Å². The fourth-order valence-electron chi connectivity index (χ4n) is 5.79. The van der Waals surface area contributed by atoms with Crippen LogP contribution >= 0.6 is 0 Å². The molecule has 1 aliphatic carbocycles. The van der Waals surface area contributed by atoms with Crippen LogP contribution in [0.15, 0.2) is 71.7 Å². The van der Waals surface area contributed by atoms with Gasteiger partial charge in [-0.05, 0) is 91.3 Å². The van der Waals surface area contributed by atoms with Gasteiger partial charge in [-0.1, -0.05) is 61.0 Å². The normalized spacial score (nSPS) is 22.2. The van der Waals surface area contributed by atoms with Gasteiger partial charge >= 0.3 is 0 Å². The zero-order valence-corrected chi connectivity index (χ0v) is 20.3. The minimum atomic E-state index is 0.159. The van der Waals surface area contributed by atoms with Crippen molar-refractivity contribution in [2.75, 3.05) is 13.1 Å². The Balaban J connectivity index is 1.23. The number of likely N-dealkylation sites (tertiary alicyclic amines) is 1. The zero-order chi connectivity index (χ0) is 23.3. The second-order valence-electron chi connectivity index (χ2n) is 10.1. The average Bonchev–Trinajstić information content (AvgIpc) is 2.92. The van der Waals surface area contributed by atoms with Crippen molar-refractivity contribution in [2.24, 2.45) is 10.9 Å². The lowest BCUT2D eigenvalue weighted by atomic mass is 9.78. The van der Waals surface area contributed by atoms with E-state index in [1.165, 1.54) is 47.6 Å². The van der Waals surface area contributed by atoms with Crippen molar-refractivity contribution in [3.63, 3.8) is 0 Å². The van der Waals surface area contributed by atoms with Crippen molar-refractivity contribution in [2.45, 2.75) is 63.8 Å². The Labute approximate surface area is 203 Å². The molecule has 3 nitrogen and oxygen atoms in total. The van der Waals surface area contributed by atoms with Crippen LogP contribution in [0.4, 0.5) is 0 Å². The Kier molecular flexibility index (Phi) is 7.08. The fourth-order valence-corrected chi connectivity index (χ4v) is 5.79.